The number of hydrogen-bond donors (Lipinski definition) is 2. The zero-order valence-electron chi connectivity index (χ0n) is 5.50. The third-order valence-electron chi connectivity index (χ3n) is 0.558. The van der Waals surface area contributed by atoms with Gasteiger partial charge in [-0.2, -0.15) is 0 Å². The maximum Gasteiger partial charge on any atom is 0.503 e. The van der Waals surface area contributed by atoms with Crippen LogP contribution < -0.4 is 0 Å². The Kier molecular flexibility index (Phi) is 13.6. The van der Waals surface area contributed by atoms with Gasteiger partial charge in [0.15, 0.2) is 0 Å². The molecular weight excluding hydrogens is 139 g/mol. The lowest BCUT2D eigenvalue weighted by atomic mass is 10.4. The van der Waals surface area contributed by atoms with E-state index in [0.717, 1.165) is 0 Å². The van der Waals surface area contributed by atoms with E-state index in [1.165, 1.54) is 19.0 Å². The fourth-order valence-electron chi connectivity index (χ4n) is 0.204. The quantitative estimate of drug-likeness (QED) is 0.594. The molecular formula is C5H13O3P. The van der Waals surface area contributed by atoms with E-state index in [0.29, 0.717) is 0 Å². The largest absolute Gasteiger partial charge is 0.503 e. The normalized spacial score (nSPS) is 7.33. The molecule has 1 unspecified atom stereocenters. The summed E-state index contributed by atoms with van der Waals surface area (Å²) in [5.74, 6) is 0. The highest BCUT2D eigenvalue weighted by Gasteiger charge is 1.70. The Labute approximate surface area is 57.3 Å². The Bertz CT molecular complexity index is 59.2. The van der Waals surface area contributed by atoms with Crippen molar-refractivity contribution in [1.82, 2.24) is 0 Å². The number of unbranched alkanes of at least 4 members (excludes halogenated alkanes) is 1. The van der Waals surface area contributed by atoms with Crippen LogP contribution in [0.2, 0.25) is 0 Å². The van der Waals surface area contributed by atoms with E-state index in [-0.39, 0.29) is 0 Å². The Hall–Kier alpha value is -0.300. The summed E-state index contributed by atoms with van der Waals surface area (Å²) in [6.45, 7) is 2.20. The summed E-state index contributed by atoms with van der Waals surface area (Å²) >= 11 is 0. The van der Waals surface area contributed by atoms with Gasteiger partial charge in [0, 0.05) is 0 Å². The predicted molar refractivity (Wildman–Crippen MR) is 40.1 cm³/mol. The van der Waals surface area contributed by atoms with Crippen LogP contribution in [-0.2, 0) is 0 Å². The van der Waals surface area contributed by atoms with Crippen molar-refractivity contribution in [3.8, 4) is 0 Å². The van der Waals surface area contributed by atoms with E-state index >= 15 is 0 Å². The maximum absolute atomic E-state index is 8.56. The molecule has 0 amide bonds. The van der Waals surface area contributed by atoms with Crippen LogP contribution in [0.1, 0.15) is 19.8 Å². The average molecular weight is 152 g/mol. The molecule has 0 heterocycles. The molecule has 3 nitrogen and oxygen atoms in total. The highest BCUT2D eigenvalue weighted by molar-refractivity contribution is 7.16. The molecule has 4 heteroatoms. The lowest BCUT2D eigenvalue weighted by Gasteiger charge is -1.79. The van der Waals surface area contributed by atoms with Crippen LogP contribution >= 0.6 is 9.24 Å². The fourth-order valence-corrected chi connectivity index (χ4v) is 0.612. The van der Waals surface area contributed by atoms with Crippen molar-refractivity contribution in [3.63, 3.8) is 0 Å². The second-order valence-corrected chi connectivity index (χ2v) is 2.00. The van der Waals surface area contributed by atoms with E-state index in [4.69, 9.17) is 15.0 Å². The first kappa shape index (κ1) is 11.5. The van der Waals surface area contributed by atoms with Gasteiger partial charge in [0.2, 0.25) is 0 Å². The highest BCUT2D eigenvalue weighted by Crippen LogP contribution is 1.89. The minimum absolute atomic E-state index is 1.26. The number of hydrogen-bond acceptors (Lipinski definition) is 1. The first-order chi connectivity index (χ1) is 4.15. The van der Waals surface area contributed by atoms with Gasteiger partial charge in [-0.05, 0) is 6.16 Å². The Balaban J connectivity index is 0. The van der Waals surface area contributed by atoms with Crippen LogP contribution in [0.4, 0.5) is 4.79 Å². The van der Waals surface area contributed by atoms with Gasteiger partial charge in [-0.1, -0.05) is 19.8 Å². The van der Waals surface area contributed by atoms with Crippen LogP contribution in [-0.4, -0.2) is 22.5 Å². The molecule has 56 valence electrons. The second kappa shape index (κ2) is 10.6. The van der Waals surface area contributed by atoms with Crippen molar-refractivity contribution in [2.24, 2.45) is 0 Å². The van der Waals surface area contributed by atoms with Crippen molar-refractivity contribution in [3.05, 3.63) is 0 Å². The monoisotopic (exact) mass is 152 g/mol. The minimum Gasteiger partial charge on any atom is -0.450 e. The molecule has 2 N–H and O–H groups in total. The fraction of sp³-hybridized carbons (Fsp3) is 0.800. The number of carboxylic acid groups (broad SMARTS) is 2. The Morgan fingerprint density at radius 3 is 1.89 bits per heavy atom. The number of carbonyl (C=O) groups is 1. The van der Waals surface area contributed by atoms with Crippen LogP contribution in [0.25, 0.3) is 0 Å². The lowest BCUT2D eigenvalue weighted by Crippen LogP contribution is -1.81. The summed E-state index contributed by atoms with van der Waals surface area (Å²) in [7, 11) is 2.70. The summed E-state index contributed by atoms with van der Waals surface area (Å²) in [6, 6.07) is 0. The molecule has 0 aromatic carbocycles. The van der Waals surface area contributed by atoms with Crippen molar-refractivity contribution in [1.29, 1.82) is 0 Å². The molecule has 0 aromatic heterocycles. The van der Waals surface area contributed by atoms with Gasteiger partial charge in [-0.15, -0.1) is 9.24 Å². The van der Waals surface area contributed by atoms with E-state index < -0.39 is 6.16 Å². The minimum atomic E-state index is -1.83. The van der Waals surface area contributed by atoms with Crippen LogP contribution in [0.3, 0.4) is 0 Å². The molecule has 0 aliphatic heterocycles. The van der Waals surface area contributed by atoms with E-state index in [2.05, 4.69) is 16.2 Å². The molecule has 0 saturated heterocycles. The highest BCUT2D eigenvalue weighted by atomic mass is 31.0. The van der Waals surface area contributed by atoms with Crippen molar-refractivity contribution >= 4 is 15.4 Å². The summed E-state index contributed by atoms with van der Waals surface area (Å²) in [4.78, 5) is 8.56. The molecule has 1 atom stereocenters. The van der Waals surface area contributed by atoms with Gasteiger partial charge in [0.25, 0.3) is 0 Å². The third kappa shape index (κ3) is 86.6. The molecule has 0 aromatic rings. The van der Waals surface area contributed by atoms with Gasteiger partial charge < -0.3 is 10.2 Å². The smallest absolute Gasteiger partial charge is 0.450 e. The van der Waals surface area contributed by atoms with Gasteiger partial charge in [0.1, 0.15) is 0 Å². The zero-order valence-corrected chi connectivity index (χ0v) is 6.66. The Morgan fingerprint density at radius 1 is 1.56 bits per heavy atom. The average Bonchev–Trinajstić information content (AvgIpc) is 1.66. The summed E-state index contributed by atoms with van der Waals surface area (Å²) in [5, 5.41) is 13.9. The second-order valence-electron chi connectivity index (χ2n) is 1.42. The van der Waals surface area contributed by atoms with Crippen molar-refractivity contribution in [2.75, 3.05) is 6.16 Å². The molecule has 0 aliphatic carbocycles. The standard InChI is InChI=1S/C4H11P.CH2O3/c1-2-3-4-5;2-1(3)4/h2-5H2,1H3;(H2,2,3,4). The van der Waals surface area contributed by atoms with Gasteiger partial charge >= 0.3 is 6.16 Å². The van der Waals surface area contributed by atoms with Gasteiger partial charge in [-0.25, -0.2) is 4.79 Å². The van der Waals surface area contributed by atoms with E-state index in [1.54, 1.807) is 0 Å². The van der Waals surface area contributed by atoms with E-state index in [1.807, 2.05) is 0 Å². The molecule has 0 radical (unpaired) electrons. The maximum atomic E-state index is 8.56. The molecule has 0 fully saturated rings. The van der Waals surface area contributed by atoms with Crippen molar-refractivity contribution < 1.29 is 15.0 Å². The third-order valence-corrected chi connectivity index (χ3v) is 0.966. The van der Waals surface area contributed by atoms with Crippen LogP contribution in [0.15, 0.2) is 0 Å². The molecule has 0 aliphatic rings. The molecule has 0 rings (SSSR count). The zero-order chi connectivity index (χ0) is 7.70. The summed E-state index contributed by atoms with van der Waals surface area (Å²) < 4.78 is 0. The van der Waals surface area contributed by atoms with Crippen LogP contribution in [0, 0.1) is 0 Å². The van der Waals surface area contributed by atoms with Crippen molar-refractivity contribution in [2.45, 2.75) is 19.8 Å². The molecule has 9 heavy (non-hydrogen) atoms. The van der Waals surface area contributed by atoms with Gasteiger partial charge in [0.05, 0.1) is 0 Å². The van der Waals surface area contributed by atoms with Crippen LogP contribution in [0.5, 0.6) is 0 Å². The predicted octanol–water partition coefficient (Wildman–Crippen LogP) is 1.88. The van der Waals surface area contributed by atoms with Gasteiger partial charge in [-0.3, -0.25) is 0 Å². The molecule has 0 saturated carbocycles. The lowest BCUT2D eigenvalue weighted by molar-refractivity contribution is 0.137. The SMILES string of the molecule is CCCCP.O=C(O)O. The summed E-state index contributed by atoms with van der Waals surface area (Å²) in [5.41, 5.74) is 0. The Morgan fingerprint density at radius 2 is 1.89 bits per heavy atom. The first-order valence-corrected chi connectivity index (χ1v) is 3.58. The molecule has 0 spiro atoms. The number of rotatable bonds is 2. The van der Waals surface area contributed by atoms with E-state index in [9.17, 15) is 0 Å². The summed E-state index contributed by atoms with van der Waals surface area (Å²) in [6.07, 6.45) is 2.10. The first-order valence-electron chi connectivity index (χ1n) is 2.77. The molecule has 0 bridgehead atoms. The topological polar surface area (TPSA) is 57.5 Å².